The SMILES string of the molecule is CC(C)(C)CC1CCN(C(=O)C#CBr)C1. The molecule has 1 atom stereocenters. The first-order chi connectivity index (χ1) is 6.92. The van der Waals surface area contributed by atoms with Crippen LogP contribution in [0.3, 0.4) is 0 Å². The van der Waals surface area contributed by atoms with Crippen molar-refractivity contribution in [3.05, 3.63) is 0 Å². The van der Waals surface area contributed by atoms with Crippen LogP contribution >= 0.6 is 15.9 Å². The van der Waals surface area contributed by atoms with E-state index in [0.29, 0.717) is 11.3 Å². The van der Waals surface area contributed by atoms with Crippen molar-refractivity contribution in [2.45, 2.75) is 33.6 Å². The van der Waals surface area contributed by atoms with E-state index in [0.717, 1.165) is 19.5 Å². The lowest BCUT2D eigenvalue weighted by Crippen LogP contribution is -2.27. The fraction of sp³-hybridized carbons (Fsp3) is 0.750. The van der Waals surface area contributed by atoms with Crippen LogP contribution in [0.15, 0.2) is 0 Å². The first-order valence-electron chi connectivity index (χ1n) is 5.33. The van der Waals surface area contributed by atoms with E-state index in [1.54, 1.807) is 0 Å². The highest BCUT2D eigenvalue weighted by Crippen LogP contribution is 2.30. The fourth-order valence-electron chi connectivity index (χ4n) is 2.17. The third-order valence-electron chi connectivity index (χ3n) is 2.63. The largest absolute Gasteiger partial charge is 0.332 e. The molecule has 1 rings (SSSR count). The number of carbonyl (C=O) groups excluding carboxylic acids is 1. The third-order valence-corrected chi connectivity index (χ3v) is 2.83. The summed E-state index contributed by atoms with van der Waals surface area (Å²) >= 11 is 2.95. The Morgan fingerprint density at radius 3 is 2.73 bits per heavy atom. The molecule has 0 aromatic rings. The zero-order valence-corrected chi connectivity index (χ0v) is 11.2. The van der Waals surface area contributed by atoms with Gasteiger partial charge in [0.2, 0.25) is 0 Å². The number of halogens is 1. The molecule has 1 aliphatic heterocycles. The average Bonchev–Trinajstić information content (AvgIpc) is 2.50. The summed E-state index contributed by atoms with van der Waals surface area (Å²) < 4.78 is 0. The number of nitrogens with zero attached hydrogens (tertiary/aromatic N) is 1. The molecule has 0 aromatic carbocycles. The Labute approximate surface area is 101 Å². The number of likely N-dealkylation sites (tertiary alicyclic amines) is 1. The molecule has 0 aromatic heterocycles. The monoisotopic (exact) mass is 271 g/mol. The van der Waals surface area contributed by atoms with Crippen LogP contribution in [-0.4, -0.2) is 23.9 Å². The van der Waals surface area contributed by atoms with Crippen LogP contribution in [0.1, 0.15) is 33.6 Å². The molecule has 84 valence electrons. The second-order valence-corrected chi connectivity index (χ2v) is 5.79. The third kappa shape index (κ3) is 4.25. The van der Waals surface area contributed by atoms with Crippen LogP contribution in [0, 0.1) is 22.1 Å². The van der Waals surface area contributed by atoms with Gasteiger partial charge >= 0.3 is 0 Å². The molecule has 1 fully saturated rings. The van der Waals surface area contributed by atoms with Gasteiger partial charge in [-0.2, -0.15) is 0 Å². The van der Waals surface area contributed by atoms with E-state index in [9.17, 15) is 4.79 Å². The van der Waals surface area contributed by atoms with Gasteiger partial charge < -0.3 is 4.90 Å². The van der Waals surface area contributed by atoms with Crippen LogP contribution in [0.25, 0.3) is 0 Å². The van der Waals surface area contributed by atoms with Gasteiger partial charge in [0, 0.05) is 34.9 Å². The van der Waals surface area contributed by atoms with Crippen molar-refractivity contribution in [3.63, 3.8) is 0 Å². The molecule has 1 saturated heterocycles. The first-order valence-corrected chi connectivity index (χ1v) is 6.12. The van der Waals surface area contributed by atoms with Gasteiger partial charge in [-0.05, 0) is 29.0 Å². The zero-order valence-electron chi connectivity index (χ0n) is 9.64. The summed E-state index contributed by atoms with van der Waals surface area (Å²) in [7, 11) is 0. The summed E-state index contributed by atoms with van der Waals surface area (Å²) in [4.78, 5) is 15.8. The van der Waals surface area contributed by atoms with Crippen molar-refractivity contribution < 1.29 is 4.79 Å². The van der Waals surface area contributed by atoms with Crippen LogP contribution in [0.4, 0.5) is 0 Å². The van der Waals surface area contributed by atoms with Crippen molar-refractivity contribution in [1.29, 1.82) is 0 Å². The van der Waals surface area contributed by atoms with Crippen molar-refractivity contribution in [2.24, 2.45) is 11.3 Å². The zero-order chi connectivity index (χ0) is 11.5. The Hall–Kier alpha value is -0.490. The van der Waals surface area contributed by atoms with Gasteiger partial charge in [0.15, 0.2) is 0 Å². The first kappa shape index (κ1) is 12.6. The maximum atomic E-state index is 11.5. The smallest absolute Gasteiger partial charge is 0.299 e. The Bertz CT molecular complexity index is 295. The molecular weight excluding hydrogens is 254 g/mol. The second-order valence-electron chi connectivity index (χ2n) is 5.39. The molecule has 3 heteroatoms. The minimum absolute atomic E-state index is 0.0525. The van der Waals surface area contributed by atoms with Crippen molar-refractivity contribution >= 4 is 21.8 Å². The molecule has 1 amide bonds. The summed E-state index contributed by atoms with van der Waals surface area (Å²) in [6.07, 6.45) is 2.30. The number of rotatable bonds is 1. The summed E-state index contributed by atoms with van der Waals surface area (Å²) in [5.74, 6) is 3.12. The lowest BCUT2D eigenvalue weighted by molar-refractivity contribution is -0.124. The molecule has 0 radical (unpaired) electrons. The van der Waals surface area contributed by atoms with Crippen molar-refractivity contribution in [1.82, 2.24) is 4.90 Å². The number of carbonyl (C=O) groups is 1. The molecular formula is C12H18BrNO. The predicted molar refractivity (Wildman–Crippen MR) is 65.5 cm³/mol. The quantitative estimate of drug-likeness (QED) is 0.672. The van der Waals surface area contributed by atoms with Gasteiger partial charge in [0.25, 0.3) is 5.91 Å². The van der Waals surface area contributed by atoms with Crippen LogP contribution in [-0.2, 0) is 4.79 Å². The Kier molecular flexibility index (Phi) is 4.21. The normalized spacial score (nSPS) is 21.1. The summed E-state index contributed by atoms with van der Waals surface area (Å²) in [5.41, 5.74) is 0.352. The fourth-order valence-corrected chi connectivity index (χ4v) is 2.34. The molecule has 0 saturated carbocycles. The molecule has 0 spiro atoms. The molecule has 1 aliphatic rings. The van der Waals surface area contributed by atoms with E-state index in [1.807, 2.05) is 4.90 Å². The molecule has 1 unspecified atom stereocenters. The van der Waals surface area contributed by atoms with Gasteiger partial charge in [-0.25, -0.2) is 0 Å². The van der Waals surface area contributed by atoms with Gasteiger partial charge in [0.05, 0.1) is 0 Å². The van der Waals surface area contributed by atoms with E-state index in [1.165, 1.54) is 6.42 Å². The summed E-state index contributed by atoms with van der Waals surface area (Å²) in [5, 5.41) is 0. The van der Waals surface area contributed by atoms with E-state index in [4.69, 9.17) is 0 Å². The van der Waals surface area contributed by atoms with Crippen LogP contribution < -0.4 is 0 Å². The van der Waals surface area contributed by atoms with Crippen LogP contribution in [0.5, 0.6) is 0 Å². The Morgan fingerprint density at radius 2 is 2.20 bits per heavy atom. The maximum absolute atomic E-state index is 11.5. The van der Waals surface area contributed by atoms with Gasteiger partial charge in [-0.1, -0.05) is 20.8 Å². The molecule has 0 N–H and O–H groups in total. The average molecular weight is 272 g/mol. The second kappa shape index (κ2) is 5.03. The standard InChI is InChI=1S/C12H18BrNO/c1-12(2,3)8-10-5-7-14(9-10)11(15)4-6-13/h10H,5,7-9H2,1-3H3. The lowest BCUT2D eigenvalue weighted by Gasteiger charge is -2.22. The topological polar surface area (TPSA) is 20.3 Å². The van der Waals surface area contributed by atoms with E-state index >= 15 is 0 Å². The van der Waals surface area contributed by atoms with Crippen LogP contribution in [0.2, 0.25) is 0 Å². The van der Waals surface area contributed by atoms with E-state index in [2.05, 4.69) is 47.5 Å². The van der Waals surface area contributed by atoms with Crippen molar-refractivity contribution in [3.8, 4) is 10.8 Å². The molecule has 2 nitrogen and oxygen atoms in total. The van der Waals surface area contributed by atoms with E-state index < -0.39 is 0 Å². The molecule has 1 heterocycles. The number of hydrogen-bond acceptors (Lipinski definition) is 1. The number of amides is 1. The Morgan fingerprint density at radius 1 is 1.53 bits per heavy atom. The van der Waals surface area contributed by atoms with Gasteiger partial charge in [-0.15, -0.1) is 0 Å². The highest BCUT2D eigenvalue weighted by Gasteiger charge is 2.28. The lowest BCUT2D eigenvalue weighted by atomic mass is 9.84. The van der Waals surface area contributed by atoms with Gasteiger partial charge in [0.1, 0.15) is 0 Å². The highest BCUT2D eigenvalue weighted by molar-refractivity contribution is 9.12. The molecule has 0 bridgehead atoms. The Balaban J connectivity index is 2.45. The molecule has 0 aliphatic carbocycles. The maximum Gasteiger partial charge on any atom is 0.299 e. The minimum Gasteiger partial charge on any atom is -0.332 e. The van der Waals surface area contributed by atoms with E-state index in [-0.39, 0.29) is 5.91 Å². The molecule has 15 heavy (non-hydrogen) atoms. The number of hydrogen-bond donors (Lipinski definition) is 0. The van der Waals surface area contributed by atoms with Crippen molar-refractivity contribution in [2.75, 3.05) is 13.1 Å². The highest BCUT2D eigenvalue weighted by atomic mass is 79.9. The summed E-state index contributed by atoms with van der Waals surface area (Å²) in [6, 6.07) is 0. The summed E-state index contributed by atoms with van der Waals surface area (Å²) in [6.45, 7) is 8.47. The predicted octanol–water partition coefficient (Wildman–Crippen LogP) is 2.63. The minimum atomic E-state index is -0.0525. The van der Waals surface area contributed by atoms with Gasteiger partial charge in [-0.3, -0.25) is 4.79 Å².